The van der Waals surface area contributed by atoms with Crippen molar-refractivity contribution in [2.24, 2.45) is 0 Å². The summed E-state index contributed by atoms with van der Waals surface area (Å²) in [5, 5.41) is 20.8. The van der Waals surface area contributed by atoms with E-state index in [2.05, 4.69) is 5.32 Å². The van der Waals surface area contributed by atoms with Crippen LogP contribution in [0, 0.1) is 11.3 Å². The number of benzene rings is 1. The maximum absolute atomic E-state index is 12.2. The summed E-state index contributed by atoms with van der Waals surface area (Å²) in [6.07, 6.45) is 1.65. The average molecular weight is 273 g/mol. The number of anilines is 1. The predicted molar refractivity (Wildman–Crippen MR) is 72.3 cm³/mol. The Labute approximate surface area is 116 Å². The molecule has 0 unspecified atom stereocenters. The fraction of sp³-hybridized carbons (Fsp3) is 0.357. The van der Waals surface area contributed by atoms with Gasteiger partial charge in [-0.15, -0.1) is 0 Å². The Balaban J connectivity index is 2.17. The molecule has 2 rings (SSSR count). The number of nitriles is 1. The first kappa shape index (κ1) is 13.9. The molecule has 2 amide bonds. The smallest absolute Gasteiger partial charge is 0.329 e. The molecule has 6 nitrogen and oxygen atoms in total. The van der Waals surface area contributed by atoms with Crippen molar-refractivity contribution in [2.75, 3.05) is 11.9 Å². The van der Waals surface area contributed by atoms with Gasteiger partial charge in [-0.2, -0.15) is 5.26 Å². The molecule has 1 aliphatic rings. The number of nitrogens with one attached hydrogen (secondary N) is 1. The van der Waals surface area contributed by atoms with Crippen molar-refractivity contribution in [1.29, 1.82) is 5.26 Å². The number of para-hydroxylation sites is 1. The molecule has 0 spiro atoms. The predicted octanol–water partition coefficient (Wildman–Crippen LogP) is 1.71. The van der Waals surface area contributed by atoms with E-state index in [1.807, 2.05) is 6.07 Å². The fourth-order valence-corrected chi connectivity index (χ4v) is 2.18. The molecule has 0 saturated heterocycles. The Hall–Kier alpha value is -2.55. The minimum Gasteiger partial charge on any atom is -0.480 e. The van der Waals surface area contributed by atoms with Crippen molar-refractivity contribution in [1.82, 2.24) is 5.32 Å². The first-order valence-electron chi connectivity index (χ1n) is 6.28. The lowest BCUT2D eigenvalue weighted by molar-refractivity contribution is -0.148. The maximum atomic E-state index is 12.2. The number of rotatable bonds is 3. The van der Waals surface area contributed by atoms with Crippen LogP contribution in [-0.4, -0.2) is 29.7 Å². The fourth-order valence-electron chi connectivity index (χ4n) is 2.18. The minimum absolute atomic E-state index is 0.364. The molecular weight excluding hydrogens is 258 g/mol. The summed E-state index contributed by atoms with van der Waals surface area (Å²) in [5.41, 5.74) is -0.345. The summed E-state index contributed by atoms with van der Waals surface area (Å²) >= 11 is 0. The third kappa shape index (κ3) is 2.30. The molecule has 0 radical (unpaired) electrons. The molecule has 0 aliphatic heterocycles. The summed E-state index contributed by atoms with van der Waals surface area (Å²) < 4.78 is 0. The average Bonchev–Trinajstić information content (AvgIpc) is 2.41. The van der Waals surface area contributed by atoms with Crippen LogP contribution >= 0.6 is 0 Å². The molecule has 104 valence electrons. The van der Waals surface area contributed by atoms with Crippen molar-refractivity contribution in [3.63, 3.8) is 0 Å². The third-order valence-corrected chi connectivity index (χ3v) is 3.65. The molecule has 6 heteroatoms. The molecule has 20 heavy (non-hydrogen) atoms. The number of carboxylic acids is 1. The van der Waals surface area contributed by atoms with Crippen LogP contribution in [-0.2, 0) is 4.79 Å². The number of carbonyl (C=O) groups is 2. The molecule has 1 aromatic carbocycles. The van der Waals surface area contributed by atoms with Crippen molar-refractivity contribution < 1.29 is 14.7 Å². The summed E-state index contributed by atoms with van der Waals surface area (Å²) in [4.78, 5) is 24.7. The molecule has 0 aromatic heterocycles. The summed E-state index contributed by atoms with van der Waals surface area (Å²) in [6, 6.07) is 8.17. The Morgan fingerprint density at radius 1 is 1.40 bits per heavy atom. The Kier molecular flexibility index (Phi) is 3.61. The molecular formula is C14H15N3O3. The van der Waals surface area contributed by atoms with Gasteiger partial charge in [-0.05, 0) is 31.4 Å². The van der Waals surface area contributed by atoms with Crippen LogP contribution in [0.25, 0.3) is 0 Å². The van der Waals surface area contributed by atoms with Crippen LogP contribution in [0.3, 0.4) is 0 Å². The standard InChI is InChI=1S/C14H15N3O3/c1-17(11-6-3-2-5-10(11)9-15)13(20)16-14(12(18)19)7-4-8-14/h2-3,5-6H,4,7-8H2,1H3,(H,16,20)(H,18,19). The van der Waals surface area contributed by atoms with Gasteiger partial charge < -0.3 is 10.4 Å². The second-order valence-electron chi connectivity index (χ2n) is 4.86. The molecule has 2 N–H and O–H groups in total. The number of carboxylic acid groups (broad SMARTS) is 1. The highest BCUT2D eigenvalue weighted by Gasteiger charge is 2.46. The minimum atomic E-state index is -1.16. The van der Waals surface area contributed by atoms with E-state index in [9.17, 15) is 14.7 Å². The normalized spacial score (nSPS) is 15.6. The van der Waals surface area contributed by atoms with E-state index in [-0.39, 0.29) is 0 Å². The number of hydrogen-bond acceptors (Lipinski definition) is 3. The highest BCUT2D eigenvalue weighted by molar-refractivity contribution is 5.96. The van der Waals surface area contributed by atoms with E-state index in [1.54, 1.807) is 24.3 Å². The van der Waals surface area contributed by atoms with Crippen LogP contribution in [0.5, 0.6) is 0 Å². The van der Waals surface area contributed by atoms with Crippen LogP contribution < -0.4 is 10.2 Å². The number of carbonyl (C=O) groups excluding carboxylic acids is 1. The van der Waals surface area contributed by atoms with Gasteiger partial charge in [0.2, 0.25) is 0 Å². The zero-order chi connectivity index (χ0) is 14.8. The lowest BCUT2D eigenvalue weighted by Gasteiger charge is -2.39. The van der Waals surface area contributed by atoms with Crippen molar-refractivity contribution in [3.05, 3.63) is 29.8 Å². The SMILES string of the molecule is CN(C(=O)NC1(C(=O)O)CCC1)c1ccccc1C#N. The van der Waals surface area contributed by atoms with Gasteiger partial charge in [0.1, 0.15) is 11.6 Å². The maximum Gasteiger partial charge on any atom is 0.329 e. The first-order valence-corrected chi connectivity index (χ1v) is 6.28. The van der Waals surface area contributed by atoms with E-state index < -0.39 is 17.5 Å². The number of nitrogens with zero attached hydrogens (tertiary/aromatic N) is 2. The molecule has 0 heterocycles. The molecule has 1 aliphatic carbocycles. The van der Waals surface area contributed by atoms with Crippen LogP contribution in [0.4, 0.5) is 10.5 Å². The van der Waals surface area contributed by atoms with Crippen LogP contribution in [0.1, 0.15) is 24.8 Å². The van der Waals surface area contributed by atoms with Crippen molar-refractivity contribution in [2.45, 2.75) is 24.8 Å². The van der Waals surface area contributed by atoms with Gasteiger partial charge in [0.15, 0.2) is 0 Å². The van der Waals surface area contributed by atoms with E-state index in [0.717, 1.165) is 6.42 Å². The zero-order valence-corrected chi connectivity index (χ0v) is 11.1. The van der Waals surface area contributed by atoms with Gasteiger partial charge in [0.05, 0.1) is 11.3 Å². The van der Waals surface area contributed by atoms with E-state index in [0.29, 0.717) is 24.1 Å². The third-order valence-electron chi connectivity index (χ3n) is 3.65. The zero-order valence-electron chi connectivity index (χ0n) is 11.1. The molecule has 0 bridgehead atoms. The lowest BCUT2D eigenvalue weighted by atomic mass is 9.77. The van der Waals surface area contributed by atoms with Gasteiger partial charge in [-0.25, -0.2) is 9.59 Å². The quantitative estimate of drug-likeness (QED) is 0.876. The Bertz CT molecular complexity index is 588. The summed E-state index contributed by atoms with van der Waals surface area (Å²) in [6.45, 7) is 0. The van der Waals surface area contributed by atoms with E-state index in [1.165, 1.54) is 11.9 Å². The first-order chi connectivity index (χ1) is 9.50. The Morgan fingerprint density at radius 3 is 2.55 bits per heavy atom. The highest BCUT2D eigenvalue weighted by atomic mass is 16.4. The molecule has 1 fully saturated rings. The topological polar surface area (TPSA) is 93.4 Å². The second-order valence-corrected chi connectivity index (χ2v) is 4.86. The molecule has 1 aromatic rings. The van der Waals surface area contributed by atoms with E-state index in [4.69, 9.17) is 5.26 Å². The summed E-state index contributed by atoms with van der Waals surface area (Å²) in [7, 11) is 1.51. The second kappa shape index (κ2) is 5.21. The van der Waals surface area contributed by atoms with Crippen LogP contribution in [0.2, 0.25) is 0 Å². The highest BCUT2D eigenvalue weighted by Crippen LogP contribution is 2.32. The van der Waals surface area contributed by atoms with Gasteiger partial charge in [-0.3, -0.25) is 4.90 Å². The van der Waals surface area contributed by atoms with Gasteiger partial charge in [0, 0.05) is 7.05 Å². The largest absolute Gasteiger partial charge is 0.480 e. The van der Waals surface area contributed by atoms with Gasteiger partial charge in [0.25, 0.3) is 0 Å². The monoisotopic (exact) mass is 273 g/mol. The lowest BCUT2D eigenvalue weighted by Crippen LogP contribution is -2.61. The summed E-state index contributed by atoms with van der Waals surface area (Å²) in [5.74, 6) is -1.01. The van der Waals surface area contributed by atoms with Gasteiger partial charge >= 0.3 is 12.0 Å². The number of urea groups is 1. The molecule has 1 saturated carbocycles. The number of amides is 2. The number of aliphatic carboxylic acids is 1. The van der Waals surface area contributed by atoms with Gasteiger partial charge in [-0.1, -0.05) is 12.1 Å². The van der Waals surface area contributed by atoms with E-state index >= 15 is 0 Å². The number of hydrogen-bond donors (Lipinski definition) is 2. The Morgan fingerprint density at radius 2 is 2.05 bits per heavy atom. The van der Waals surface area contributed by atoms with Crippen LogP contribution in [0.15, 0.2) is 24.3 Å². The molecule has 0 atom stereocenters. The van der Waals surface area contributed by atoms with Crippen molar-refractivity contribution in [3.8, 4) is 6.07 Å². The van der Waals surface area contributed by atoms with Crippen molar-refractivity contribution >= 4 is 17.7 Å².